The van der Waals surface area contributed by atoms with Gasteiger partial charge in [-0.1, -0.05) is 105 Å². The van der Waals surface area contributed by atoms with Crippen LogP contribution in [0.5, 0.6) is 11.5 Å². The number of fused-ring (bicyclic) bond motifs is 3. The van der Waals surface area contributed by atoms with E-state index in [2.05, 4.69) is 86.6 Å². The van der Waals surface area contributed by atoms with Crippen LogP contribution in [0.1, 0.15) is 30.5 Å². The van der Waals surface area contributed by atoms with E-state index >= 15 is 0 Å². The Morgan fingerprint density at radius 1 is 0.543 bits per heavy atom. The predicted octanol–water partition coefficient (Wildman–Crippen LogP) is 10.6. The molecule has 218 valence electrons. The van der Waals surface area contributed by atoms with Crippen molar-refractivity contribution in [2.24, 2.45) is 0 Å². The van der Waals surface area contributed by atoms with Crippen molar-refractivity contribution in [1.82, 2.24) is 9.97 Å². The summed E-state index contributed by atoms with van der Waals surface area (Å²) in [6.07, 6.45) is 0. The first-order valence-electron chi connectivity index (χ1n) is 15.4. The third-order valence-corrected chi connectivity index (χ3v) is 8.94. The number of nitriles is 1. The van der Waals surface area contributed by atoms with E-state index in [4.69, 9.17) is 14.7 Å². The molecule has 1 aliphatic heterocycles. The number of nitrogens with zero attached hydrogens (tertiary/aromatic N) is 3. The molecule has 2 heterocycles. The van der Waals surface area contributed by atoms with Crippen LogP contribution in [-0.4, -0.2) is 9.97 Å². The monoisotopic (exact) mass is 591 g/mol. The zero-order valence-corrected chi connectivity index (χ0v) is 25.5. The van der Waals surface area contributed by atoms with Gasteiger partial charge in [-0.15, -0.1) is 0 Å². The first-order valence-corrected chi connectivity index (χ1v) is 15.4. The van der Waals surface area contributed by atoms with Crippen LogP contribution in [0.25, 0.3) is 55.8 Å². The van der Waals surface area contributed by atoms with Crippen LogP contribution in [0.15, 0.2) is 140 Å². The molecule has 6 aromatic carbocycles. The van der Waals surface area contributed by atoms with Crippen molar-refractivity contribution in [3.05, 3.63) is 156 Å². The van der Waals surface area contributed by atoms with Crippen molar-refractivity contribution in [2.45, 2.75) is 19.3 Å². The molecule has 4 heteroatoms. The van der Waals surface area contributed by atoms with E-state index in [-0.39, 0.29) is 5.41 Å². The van der Waals surface area contributed by atoms with Gasteiger partial charge in [-0.2, -0.15) is 5.26 Å². The van der Waals surface area contributed by atoms with Crippen LogP contribution in [0.3, 0.4) is 0 Å². The second kappa shape index (κ2) is 10.8. The molecule has 8 rings (SSSR count). The topological polar surface area (TPSA) is 58.8 Å². The number of rotatable bonds is 4. The molecule has 0 saturated heterocycles. The summed E-state index contributed by atoms with van der Waals surface area (Å²) in [5.41, 5.74) is 10.4. The van der Waals surface area contributed by atoms with E-state index < -0.39 is 0 Å². The minimum absolute atomic E-state index is 0.194. The Bertz CT molecular complexity index is 2330. The lowest BCUT2D eigenvalue weighted by Crippen LogP contribution is -2.24. The number of aromatic nitrogens is 2. The first-order chi connectivity index (χ1) is 22.5. The Kier molecular flexibility index (Phi) is 6.48. The highest BCUT2D eigenvalue weighted by Gasteiger charge is 2.34. The van der Waals surface area contributed by atoms with E-state index in [0.717, 1.165) is 67.0 Å². The Labute approximate surface area is 268 Å². The van der Waals surface area contributed by atoms with Gasteiger partial charge in [-0.05, 0) is 70.8 Å². The van der Waals surface area contributed by atoms with E-state index in [0.29, 0.717) is 11.4 Å². The van der Waals surface area contributed by atoms with Crippen molar-refractivity contribution in [3.63, 3.8) is 0 Å². The maximum atomic E-state index is 9.65. The average molecular weight is 592 g/mol. The molecule has 0 aliphatic carbocycles. The molecular formula is C42H29N3O. The number of para-hydroxylation sites is 2. The molecule has 0 atom stereocenters. The summed E-state index contributed by atoms with van der Waals surface area (Å²) in [5, 5.41) is 10.7. The Morgan fingerprint density at radius 3 is 2.04 bits per heavy atom. The van der Waals surface area contributed by atoms with Gasteiger partial charge < -0.3 is 4.74 Å². The molecule has 0 fully saturated rings. The molecule has 0 unspecified atom stereocenters. The van der Waals surface area contributed by atoms with Crippen LogP contribution in [0.2, 0.25) is 0 Å². The molecule has 1 aromatic heterocycles. The summed E-state index contributed by atoms with van der Waals surface area (Å²) in [5.74, 6) is 2.38. The molecule has 1 aliphatic rings. The Balaban J connectivity index is 1.33. The van der Waals surface area contributed by atoms with Crippen LogP contribution in [0, 0.1) is 11.3 Å². The Morgan fingerprint density at radius 2 is 1.22 bits per heavy atom. The molecule has 0 amide bonds. The van der Waals surface area contributed by atoms with Crippen LogP contribution in [-0.2, 0) is 5.41 Å². The van der Waals surface area contributed by atoms with Gasteiger partial charge in [0.2, 0.25) is 0 Å². The first kappa shape index (κ1) is 27.5. The highest BCUT2D eigenvalue weighted by molar-refractivity contribution is 5.94. The maximum absolute atomic E-state index is 9.65. The summed E-state index contributed by atoms with van der Waals surface area (Å²) in [7, 11) is 0. The van der Waals surface area contributed by atoms with Gasteiger partial charge >= 0.3 is 0 Å². The van der Waals surface area contributed by atoms with Gasteiger partial charge in [0.1, 0.15) is 11.5 Å². The van der Waals surface area contributed by atoms with Crippen molar-refractivity contribution >= 4 is 10.9 Å². The van der Waals surface area contributed by atoms with Gasteiger partial charge in [0.25, 0.3) is 0 Å². The van der Waals surface area contributed by atoms with Gasteiger partial charge in [0.05, 0.1) is 22.8 Å². The molecule has 7 aromatic rings. The fraction of sp³-hybridized carbons (Fsp3) is 0.0714. The quantitative estimate of drug-likeness (QED) is 0.204. The standard InChI is InChI=1S/C42H29N3O/c1-42(2)35-16-7-9-18-38(35)46-39-25-30(19-20-36(39)42)32-22-31(29-14-10-11-27(21-29)26-43)23-33(24-32)41-44-37-17-8-6-15-34(37)40(45-41)28-12-4-3-5-13-28/h3-25H,1-2H3. The lowest BCUT2D eigenvalue weighted by Gasteiger charge is -2.34. The molecule has 4 nitrogen and oxygen atoms in total. The lowest BCUT2D eigenvalue weighted by atomic mass is 9.75. The molecule has 0 spiro atoms. The van der Waals surface area contributed by atoms with Crippen LogP contribution >= 0.6 is 0 Å². The van der Waals surface area contributed by atoms with Gasteiger partial charge in [-0.25, -0.2) is 9.97 Å². The van der Waals surface area contributed by atoms with E-state index in [1.54, 1.807) is 0 Å². The van der Waals surface area contributed by atoms with E-state index in [9.17, 15) is 5.26 Å². The maximum Gasteiger partial charge on any atom is 0.160 e. The van der Waals surface area contributed by atoms with E-state index in [1.807, 2.05) is 72.8 Å². The molecule has 0 saturated carbocycles. The highest BCUT2D eigenvalue weighted by atomic mass is 16.5. The largest absolute Gasteiger partial charge is 0.457 e. The second-order valence-electron chi connectivity index (χ2n) is 12.2. The lowest BCUT2D eigenvalue weighted by molar-refractivity contribution is 0.418. The summed E-state index contributed by atoms with van der Waals surface area (Å²) < 4.78 is 6.49. The van der Waals surface area contributed by atoms with Crippen molar-refractivity contribution in [2.75, 3.05) is 0 Å². The number of hydrogen-bond donors (Lipinski definition) is 0. The second-order valence-corrected chi connectivity index (χ2v) is 12.2. The third kappa shape index (κ3) is 4.70. The minimum Gasteiger partial charge on any atom is -0.457 e. The van der Waals surface area contributed by atoms with Crippen molar-refractivity contribution < 1.29 is 4.74 Å². The normalized spacial score (nSPS) is 12.9. The zero-order valence-electron chi connectivity index (χ0n) is 25.5. The number of hydrogen-bond acceptors (Lipinski definition) is 4. The van der Waals surface area contributed by atoms with E-state index in [1.165, 1.54) is 5.56 Å². The summed E-state index contributed by atoms with van der Waals surface area (Å²) in [4.78, 5) is 10.2. The SMILES string of the molecule is CC1(C)c2ccccc2Oc2cc(-c3cc(-c4cccc(C#N)c4)cc(-c4nc(-c5ccccc5)c5ccccc5n4)c3)ccc21. The highest BCUT2D eigenvalue weighted by Crippen LogP contribution is 2.49. The Hall–Kier alpha value is -6.05. The average Bonchev–Trinajstić information content (AvgIpc) is 3.11. The molecule has 46 heavy (non-hydrogen) atoms. The van der Waals surface area contributed by atoms with Gasteiger partial charge in [0, 0.05) is 33.1 Å². The van der Waals surface area contributed by atoms with Gasteiger partial charge in [-0.3, -0.25) is 0 Å². The van der Waals surface area contributed by atoms with Crippen molar-refractivity contribution in [1.29, 1.82) is 5.26 Å². The summed E-state index contributed by atoms with van der Waals surface area (Å²) in [6.45, 7) is 4.49. The van der Waals surface area contributed by atoms with Crippen LogP contribution in [0.4, 0.5) is 0 Å². The number of ether oxygens (including phenoxy) is 1. The molecule has 0 N–H and O–H groups in total. The molecule has 0 bridgehead atoms. The molecule has 0 radical (unpaired) electrons. The predicted molar refractivity (Wildman–Crippen MR) is 185 cm³/mol. The summed E-state index contributed by atoms with van der Waals surface area (Å²) in [6, 6.07) is 49.6. The fourth-order valence-corrected chi connectivity index (χ4v) is 6.52. The third-order valence-electron chi connectivity index (χ3n) is 8.94. The zero-order chi connectivity index (χ0) is 31.3. The van der Waals surface area contributed by atoms with Crippen LogP contribution < -0.4 is 4.74 Å². The van der Waals surface area contributed by atoms with Crippen molar-refractivity contribution in [3.8, 4) is 62.5 Å². The molecular weight excluding hydrogens is 562 g/mol. The summed E-state index contributed by atoms with van der Waals surface area (Å²) >= 11 is 0. The van der Waals surface area contributed by atoms with Gasteiger partial charge in [0.15, 0.2) is 5.82 Å². The fourth-order valence-electron chi connectivity index (χ4n) is 6.52. The minimum atomic E-state index is -0.194. The smallest absolute Gasteiger partial charge is 0.160 e. The number of benzene rings is 6.